The zero-order chi connectivity index (χ0) is 17.4. The van der Waals surface area contributed by atoms with Crippen LogP contribution >= 0.6 is 27.3 Å². The average Bonchev–Trinajstić information content (AvgIpc) is 3.18. The monoisotopic (exact) mass is 415 g/mol. The van der Waals surface area contributed by atoms with Gasteiger partial charge in [-0.05, 0) is 66.4 Å². The molecule has 0 saturated heterocycles. The van der Waals surface area contributed by atoms with E-state index in [1.165, 1.54) is 5.56 Å². The molecule has 0 aliphatic heterocycles. The minimum Gasteiger partial charge on any atom is -0.331 e. The number of nitrogens with zero attached hydrogens (tertiary/aromatic N) is 3. The molecule has 1 saturated carbocycles. The number of aromatic nitrogens is 2. The van der Waals surface area contributed by atoms with Gasteiger partial charge in [-0.1, -0.05) is 15.9 Å². The maximum atomic E-state index is 13.1. The van der Waals surface area contributed by atoms with Gasteiger partial charge in [-0.3, -0.25) is 4.79 Å². The third kappa shape index (κ3) is 3.41. The molecule has 1 aliphatic carbocycles. The predicted molar refractivity (Wildman–Crippen MR) is 103 cm³/mol. The van der Waals surface area contributed by atoms with E-state index in [-0.39, 0.29) is 5.91 Å². The van der Waals surface area contributed by atoms with Crippen molar-refractivity contribution in [1.29, 1.82) is 0 Å². The van der Waals surface area contributed by atoms with E-state index in [1.54, 1.807) is 17.5 Å². The highest BCUT2D eigenvalue weighted by Crippen LogP contribution is 2.31. The number of hydrogen-bond donors (Lipinski definition) is 0. The van der Waals surface area contributed by atoms with E-state index in [4.69, 9.17) is 0 Å². The lowest BCUT2D eigenvalue weighted by Gasteiger charge is -2.22. The van der Waals surface area contributed by atoms with E-state index in [9.17, 15) is 4.79 Å². The fourth-order valence-corrected chi connectivity index (χ4v) is 3.87. The van der Waals surface area contributed by atoms with Crippen molar-refractivity contribution in [2.75, 3.05) is 0 Å². The third-order valence-corrected chi connectivity index (χ3v) is 5.75. The van der Waals surface area contributed by atoms with Gasteiger partial charge in [0.15, 0.2) is 0 Å². The summed E-state index contributed by atoms with van der Waals surface area (Å²) in [5.74, 6) is 0.0783. The van der Waals surface area contributed by atoms with Gasteiger partial charge in [-0.15, -0.1) is 0 Å². The first kappa shape index (κ1) is 16.5. The van der Waals surface area contributed by atoms with Crippen molar-refractivity contribution >= 4 is 33.2 Å². The summed E-state index contributed by atoms with van der Waals surface area (Å²) in [6.07, 6.45) is 3.88. The lowest BCUT2D eigenvalue weighted by Crippen LogP contribution is -2.32. The second-order valence-corrected chi connectivity index (χ2v) is 8.02. The van der Waals surface area contributed by atoms with Gasteiger partial charge in [-0.2, -0.15) is 16.4 Å². The lowest BCUT2D eigenvalue weighted by atomic mass is 10.2. The largest absolute Gasteiger partial charge is 0.331 e. The zero-order valence-corrected chi connectivity index (χ0v) is 16.3. The molecule has 1 amide bonds. The number of carbonyl (C=O) groups excluding carboxylic acids is 1. The Bertz CT molecular complexity index is 882. The molecule has 0 spiro atoms. The molecule has 0 atom stereocenters. The van der Waals surface area contributed by atoms with Crippen molar-refractivity contribution in [2.45, 2.75) is 32.4 Å². The van der Waals surface area contributed by atoms with Crippen LogP contribution in [0.2, 0.25) is 0 Å². The van der Waals surface area contributed by atoms with Crippen molar-refractivity contribution in [3.05, 3.63) is 68.6 Å². The van der Waals surface area contributed by atoms with Crippen LogP contribution in [0.4, 0.5) is 0 Å². The van der Waals surface area contributed by atoms with Gasteiger partial charge in [-0.25, -0.2) is 4.68 Å². The molecular formula is C19H18BrN3OS. The molecule has 3 aromatic rings. The Balaban J connectivity index is 1.62. The minimum absolute atomic E-state index is 0.0783. The number of benzene rings is 1. The summed E-state index contributed by atoms with van der Waals surface area (Å²) in [4.78, 5) is 15.1. The topological polar surface area (TPSA) is 38.1 Å². The predicted octanol–water partition coefficient (Wildman–Crippen LogP) is 4.81. The summed E-state index contributed by atoms with van der Waals surface area (Å²) in [5.41, 5.74) is 3.71. The van der Waals surface area contributed by atoms with E-state index in [0.29, 0.717) is 18.2 Å². The van der Waals surface area contributed by atoms with E-state index < -0.39 is 0 Å². The highest BCUT2D eigenvalue weighted by Gasteiger charge is 2.34. The molecular weight excluding hydrogens is 398 g/mol. The number of carbonyl (C=O) groups is 1. The van der Waals surface area contributed by atoms with Crippen LogP contribution in [0.15, 0.2) is 51.8 Å². The summed E-state index contributed by atoms with van der Waals surface area (Å²) < 4.78 is 2.85. The Kier molecular flexibility index (Phi) is 4.48. The van der Waals surface area contributed by atoms with Crippen LogP contribution in [-0.4, -0.2) is 26.6 Å². The number of halogens is 1. The Labute approximate surface area is 159 Å². The number of rotatable bonds is 5. The van der Waals surface area contributed by atoms with Crippen molar-refractivity contribution in [1.82, 2.24) is 14.7 Å². The second kappa shape index (κ2) is 6.77. The molecule has 2 aromatic heterocycles. The molecule has 128 valence electrons. The molecule has 1 fully saturated rings. The molecule has 4 rings (SSSR count). The highest BCUT2D eigenvalue weighted by atomic mass is 79.9. The van der Waals surface area contributed by atoms with Crippen molar-refractivity contribution < 1.29 is 4.79 Å². The van der Waals surface area contributed by atoms with Crippen LogP contribution in [0.1, 0.15) is 34.5 Å². The Hall–Kier alpha value is -1.92. The smallest absolute Gasteiger partial charge is 0.257 e. The van der Waals surface area contributed by atoms with Gasteiger partial charge >= 0.3 is 0 Å². The first-order valence-corrected chi connectivity index (χ1v) is 9.99. The summed E-state index contributed by atoms with van der Waals surface area (Å²) in [6, 6.07) is 10.4. The van der Waals surface area contributed by atoms with Crippen LogP contribution < -0.4 is 0 Å². The number of amides is 1. The molecule has 6 heteroatoms. The molecule has 4 nitrogen and oxygen atoms in total. The SMILES string of the molecule is Cc1c(C(=O)N(Cc2ccsc2)C2CC2)cnn1-c1ccc(Br)cc1. The molecule has 0 N–H and O–H groups in total. The maximum absolute atomic E-state index is 13.1. The van der Waals surface area contributed by atoms with Gasteiger partial charge in [0, 0.05) is 17.1 Å². The van der Waals surface area contributed by atoms with Gasteiger partial charge < -0.3 is 4.90 Å². The Morgan fingerprint density at radius 1 is 1.32 bits per heavy atom. The third-order valence-electron chi connectivity index (χ3n) is 4.49. The van der Waals surface area contributed by atoms with Gasteiger partial charge in [0.2, 0.25) is 0 Å². The van der Waals surface area contributed by atoms with Crippen LogP contribution in [-0.2, 0) is 6.54 Å². The second-order valence-electron chi connectivity index (χ2n) is 6.33. The van der Waals surface area contributed by atoms with Gasteiger partial charge in [0.25, 0.3) is 5.91 Å². The summed E-state index contributed by atoms with van der Waals surface area (Å²) in [5, 5.41) is 8.62. The quantitative estimate of drug-likeness (QED) is 0.599. The normalized spacial score (nSPS) is 13.8. The summed E-state index contributed by atoms with van der Waals surface area (Å²) >= 11 is 5.11. The zero-order valence-electron chi connectivity index (χ0n) is 13.9. The minimum atomic E-state index is 0.0783. The van der Waals surface area contributed by atoms with Crippen molar-refractivity contribution in [2.24, 2.45) is 0 Å². The van der Waals surface area contributed by atoms with Gasteiger partial charge in [0.1, 0.15) is 0 Å². The van der Waals surface area contributed by atoms with Crippen LogP contribution in [0, 0.1) is 6.92 Å². The molecule has 0 unspecified atom stereocenters. The number of hydrogen-bond acceptors (Lipinski definition) is 3. The molecule has 1 aromatic carbocycles. The average molecular weight is 416 g/mol. The molecule has 0 radical (unpaired) electrons. The number of thiophene rings is 1. The fourth-order valence-electron chi connectivity index (χ4n) is 2.95. The van der Waals surface area contributed by atoms with E-state index in [0.717, 1.165) is 28.7 Å². The maximum Gasteiger partial charge on any atom is 0.257 e. The lowest BCUT2D eigenvalue weighted by molar-refractivity contribution is 0.0729. The molecule has 2 heterocycles. The first-order chi connectivity index (χ1) is 12.1. The van der Waals surface area contributed by atoms with Crippen LogP contribution in [0.25, 0.3) is 5.69 Å². The Morgan fingerprint density at radius 2 is 2.08 bits per heavy atom. The van der Waals surface area contributed by atoms with Crippen LogP contribution in [0.5, 0.6) is 0 Å². The highest BCUT2D eigenvalue weighted by molar-refractivity contribution is 9.10. The van der Waals surface area contributed by atoms with Crippen LogP contribution in [0.3, 0.4) is 0 Å². The molecule has 25 heavy (non-hydrogen) atoms. The van der Waals surface area contributed by atoms with E-state index >= 15 is 0 Å². The molecule has 0 bridgehead atoms. The van der Waals surface area contributed by atoms with Gasteiger partial charge in [0.05, 0.1) is 23.1 Å². The summed E-state index contributed by atoms with van der Waals surface area (Å²) in [6.45, 7) is 2.63. The molecule has 1 aliphatic rings. The Morgan fingerprint density at radius 3 is 2.72 bits per heavy atom. The van der Waals surface area contributed by atoms with E-state index in [1.807, 2.05) is 40.8 Å². The van der Waals surface area contributed by atoms with E-state index in [2.05, 4.69) is 37.9 Å². The first-order valence-electron chi connectivity index (χ1n) is 8.26. The summed E-state index contributed by atoms with van der Waals surface area (Å²) in [7, 11) is 0. The van der Waals surface area contributed by atoms with Crippen molar-refractivity contribution in [3.8, 4) is 5.69 Å². The fraction of sp³-hybridized carbons (Fsp3) is 0.263. The standard InChI is InChI=1S/C19H18BrN3OS/c1-13-18(10-21-23(13)17-4-2-15(20)3-5-17)19(24)22(16-6-7-16)11-14-8-9-25-12-14/h2-5,8-10,12,16H,6-7,11H2,1H3. The van der Waals surface area contributed by atoms with Crippen molar-refractivity contribution in [3.63, 3.8) is 0 Å².